The molecule has 2 amide bonds. The van der Waals surface area contributed by atoms with Gasteiger partial charge in [0.25, 0.3) is 6.17 Å². The summed E-state index contributed by atoms with van der Waals surface area (Å²) in [5.74, 6) is -2.18. The fourth-order valence-electron chi connectivity index (χ4n) is 1.58. The largest absolute Gasteiger partial charge is 0.439 e. The Morgan fingerprint density at radius 1 is 1.04 bits per heavy atom. The number of halogens is 6. The molecule has 0 saturated heterocycles. The minimum Gasteiger partial charge on any atom is -0.428 e. The van der Waals surface area contributed by atoms with Crippen molar-refractivity contribution in [2.45, 2.75) is 32.3 Å². The van der Waals surface area contributed by atoms with Crippen LogP contribution in [0.5, 0.6) is 5.75 Å². The van der Waals surface area contributed by atoms with Gasteiger partial charge in [0.15, 0.2) is 0 Å². The number of anilines is 2. The monoisotopic (exact) mass is 358 g/mol. The van der Waals surface area contributed by atoms with Crippen LogP contribution in [0.25, 0.3) is 0 Å². The van der Waals surface area contributed by atoms with E-state index in [-0.39, 0.29) is 5.69 Å². The molecule has 1 atom stereocenters. The van der Waals surface area contributed by atoms with Crippen molar-refractivity contribution in [3.8, 4) is 5.75 Å². The van der Waals surface area contributed by atoms with Crippen molar-refractivity contribution in [1.82, 2.24) is 0 Å². The highest BCUT2D eigenvalue weighted by Gasteiger charge is 2.59. The summed E-state index contributed by atoms with van der Waals surface area (Å²) in [5.41, 5.74) is -0.419. The van der Waals surface area contributed by atoms with Crippen LogP contribution in [0, 0.1) is 0 Å². The molecule has 2 N–H and O–H groups in total. The number of carbonyl (C=O) groups is 2. The molecule has 0 unspecified atom stereocenters. The number of benzene rings is 1. The molecule has 0 aliphatic carbocycles. The maximum atomic E-state index is 13.3. The predicted octanol–water partition coefficient (Wildman–Crippen LogP) is 3.48. The summed E-state index contributed by atoms with van der Waals surface area (Å²) in [6.45, 7) is 2.15. The average molecular weight is 358 g/mol. The van der Waals surface area contributed by atoms with E-state index in [0.717, 1.165) is 32.0 Å². The summed E-state index contributed by atoms with van der Waals surface area (Å²) in [6.07, 6.45) is -15.6. The van der Waals surface area contributed by atoms with Crippen LogP contribution < -0.4 is 15.4 Å². The first-order valence-corrected chi connectivity index (χ1v) is 6.30. The van der Waals surface area contributed by atoms with Gasteiger partial charge in [-0.1, -0.05) is 0 Å². The molecule has 1 aromatic carbocycles. The van der Waals surface area contributed by atoms with Gasteiger partial charge >= 0.3 is 12.3 Å². The fraction of sp³-hybridized carbons (Fsp3) is 0.385. The summed E-state index contributed by atoms with van der Waals surface area (Å²) in [7, 11) is 0. The first-order chi connectivity index (χ1) is 10.8. The topological polar surface area (TPSA) is 67.4 Å². The quantitative estimate of drug-likeness (QED) is 0.792. The Labute approximate surface area is 132 Å². The maximum Gasteiger partial charge on any atom is 0.439 e. The van der Waals surface area contributed by atoms with Crippen molar-refractivity contribution in [2.75, 3.05) is 10.6 Å². The number of rotatable bonds is 5. The van der Waals surface area contributed by atoms with Crippen molar-refractivity contribution in [3.05, 3.63) is 18.2 Å². The second-order valence-corrected chi connectivity index (χ2v) is 4.64. The third kappa shape index (κ3) is 5.32. The van der Waals surface area contributed by atoms with Crippen molar-refractivity contribution in [1.29, 1.82) is 0 Å². The fourth-order valence-corrected chi connectivity index (χ4v) is 1.58. The lowest BCUT2D eigenvalue weighted by Gasteiger charge is -2.24. The normalized spacial score (nSPS) is 13.2. The lowest BCUT2D eigenvalue weighted by atomic mass is 10.2. The van der Waals surface area contributed by atoms with Gasteiger partial charge in [-0.25, -0.2) is 4.39 Å². The molecule has 0 spiro atoms. The number of hydrogen-bond acceptors (Lipinski definition) is 3. The average Bonchev–Trinajstić information content (AvgIpc) is 2.38. The molecule has 0 bridgehead atoms. The number of hydrogen-bond donors (Lipinski definition) is 2. The van der Waals surface area contributed by atoms with E-state index in [1.165, 1.54) is 0 Å². The summed E-state index contributed by atoms with van der Waals surface area (Å²) in [4.78, 5) is 22.0. The zero-order valence-corrected chi connectivity index (χ0v) is 12.3. The highest BCUT2D eigenvalue weighted by Crippen LogP contribution is 2.39. The molecule has 0 saturated carbocycles. The number of nitrogens with one attached hydrogen (secondary N) is 2. The van der Waals surface area contributed by atoms with Crippen LogP contribution in [0.15, 0.2) is 18.2 Å². The molecular weight excluding hydrogens is 346 g/mol. The van der Waals surface area contributed by atoms with E-state index in [9.17, 15) is 35.9 Å². The molecule has 0 aliphatic heterocycles. The van der Waals surface area contributed by atoms with Crippen LogP contribution in [0.2, 0.25) is 0 Å². The van der Waals surface area contributed by atoms with E-state index >= 15 is 0 Å². The number of amides is 2. The standard InChI is InChI=1S/C13H12F6N2O3/c1-6(22)20-8-3-4-10(9(5-8)21-7(2)23)24-13(18,19)11(14)12(15,16)17/h3-5,11H,1-2H3,(H,20,22)(H,21,23)/t11-/m1/s1. The van der Waals surface area contributed by atoms with Crippen LogP contribution in [0.3, 0.4) is 0 Å². The Hall–Kier alpha value is -2.46. The van der Waals surface area contributed by atoms with Crippen molar-refractivity contribution >= 4 is 23.2 Å². The predicted molar refractivity (Wildman–Crippen MR) is 71.6 cm³/mol. The van der Waals surface area contributed by atoms with Crippen molar-refractivity contribution in [2.24, 2.45) is 0 Å². The van der Waals surface area contributed by atoms with Gasteiger partial charge in [-0.15, -0.1) is 0 Å². The molecule has 0 aliphatic rings. The van der Waals surface area contributed by atoms with Crippen LogP contribution in [-0.2, 0) is 9.59 Å². The summed E-state index contributed by atoms with van der Waals surface area (Å²) < 4.78 is 79.7. The number of ether oxygens (including phenoxy) is 1. The molecule has 1 aromatic rings. The second-order valence-electron chi connectivity index (χ2n) is 4.64. The highest BCUT2D eigenvalue weighted by molar-refractivity contribution is 5.93. The van der Waals surface area contributed by atoms with E-state index in [4.69, 9.17) is 0 Å². The third-order valence-corrected chi connectivity index (χ3v) is 2.44. The minimum atomic E-state index is -5.84. The van der Waals surface area contributed by atoms with E-state index < -0.39 is 41.7 Å². The van der Waals surface area contributed by atoms with Crippen LogP contribution >= 0.6 is 0 Å². The van der Waals surface area contributed by atoms with E-state index in [0.29, 0.717) is 0 Å². The lowest BCUT2D eigenvalue weighted by Crippen LogP contribution is -2.45. The van der Waals surface area contributed by atoms with Gasteiger partial charge in [0.2, 0.25) is 11.8 Å². The Morgan fingerprint density at radius 2 is 1.58 bits per heavy atom. The van der Waals surface area contributed by atoms with Gasteiger partial charge in [-0.2, -0.15) is 22.0 Å². The Balaban J connectivity index is 3.17. The smallest absolute Gasteiger partial charge is 0.428 e. The summed E-state index contributed by atoms with van der Waals surface area (Å²) in [6, 6.07) is 2.75. The van der Waals surface area contributed by atoms with Crippen molar-refractivity contribution in [3.63, 3.8) is 0 Å². The molecule has 5 nitrogen and oxygen atoms in total. The maximum absolute atomic E-state index is 13.3. The van der Waals surface area contributed by atoms with Gasteiger partial charge in [0, 0.05) is 19.5 Å². The first-order valence-electron chi connectivity index (χ1n) is 6.30. The minimum absolute atomic E-state index is 0.0505. The summed E-state index contributed by atoms with van der Waals surface area (Å²) >= 11 is 0. The Morgan fingerprint density at radius 3 is 2.04 bits per heavy atom. The SMILES string of the molecule is CC(=O)Nc1ccc(OC(F)(F)[C@H](F)C(F)(F)F)c(NC(C)=O)c1. The van der Waals surface area contributed by atoms with Crippen molar-refractivity contribution < 1.29 is 40.7 Å². The molecule has 0 radical (unpaired) electrons. The molecule has 134 valence electrons. The molecule has 0 fully saturated rings. The van der Waals surface area contributed by atoms with Crippen LogP contribution in [0.1, 0.15) is 13.8 Å². The van der Waals surface area contributed by atoms with Crippen LogP contribution in [-0.4, -0.2) is 30.3 Å². The molecule has 24 heavy (non-hydrogen) atoms. The first kappa shape index (κ1) is 19.6. The van der Waals surface area contributed by atoms with Gasteiger partial charge in [-0.3, -0.25) is 9.59 Å². The second kappa shape index (κ2) is 6.97. The van der Waals surface area contributed by atoms with Gasteiger partial charge in [0.05, 0.1) is 5.69 Å². The molecule has 0 aromatic heterocycles. The highest BCUT2D eigenvalue weighted by atomic mass is 19.4. The van der Waals surface area contributed by atoms with Crippen LogP contribution in [0.4, 0.5) is 37.7 Å². The zero-order chi connectivity index (χ0) is 18.7. The van der Waals surface area contributed by atoms with E-state index in [1.807, 2.05) is 5.32 Å². The lowest BCUT2D eigenvalue weighted by molar-refractivity contribution is -0.304. The van der Waals surface area contributed by atoms with Gasteiger partial charge in [0.1, 0.15) is 5.75 Å². The molecule has 1 rings (SSSR count). The number of carbonyl (C=O) groups excluding carboxylic acids is 2. The Bertz CT molecular complexity index is 633. The molecule has 0 heterocycles. The number of alkyl halides is 6. The molecule has 11 heteroatoms. The zero-order valence-electron chi connectivity index (χ0n) is 12.3. The van der Waals surface area contributed by atoms with E-state index in [2.05, 4.69) is 10.1 Å². The third-order valence-electron chi connectivity index (χ3n) is 2.44. The summed E-state index contributed by atoms with van der Waals surface area (Å²) in [5, 5.41) is 4.30. The van der Waals surface area contributed by atoms with Gasteiger partial charge in [-0.05, 0) is 18.2 Å². The Kier molecular flexibility index (Phi) is 5.69. The molecular formula is C13H12F6N2O3. The van der Waals surface area contributed by atoms with Gasteiger partial charge < -0.3 is 15.4 Å². The van der Waals surface area contributed by atoms with E-state index in [1.54, 1.807) is 0 Å².